The number of nitriles is 1. The van der Waals surface area contributed by atoms with Gasteiger partial charge in [0.25, 0.3) is 0 Å². The van der Waals surface area contributed by atoms with Gasteiger partial charge in [0, 0.05) is 5.92 Å². The first-order chi connectivity index (χ1) is 11.4. The molecule has 2 aromatic rings. The van der Waals surface area contributed by atoms with Gasteiger partial charge in [0.05, 0.1) is 18.8 Å². The van der Waals surface area contributed by atoms with Crippen LogP contribution in [0.25, 0.3) is 4.85 Å². The molecular formula is C19H20N4O. The fraction of sp³-hybridized carbons (Fsp3) is 0.421. The number of aryl methyl sites for hydroxylation is 2. The first-order valence-electron chi connectivity index (χ1n) is 8.03. The SMILES string of the molecule is [C-]#[N+]c1c(C)cc(Oc2cn(C(C)(C)C#N)nc2C2CC2)cc1C. The minimum absolute atomic E-state index is 0.417. The van der Waals surface area contributed by atoms with Gasteiger partial charge in [0.1, 0.15) is 17.0 Å². The van der Waals surface area contributed by atoms with Crippen LogP contribution >= 0.6 is 0 Å². The van der Waals surface area contributed by atoms with Crippen LogP contribution < -0.4 is 4.74 Å². The topological polar surface area (TPSA) is 55.2 Å². The molecule has 1 heterocycles. The summed E-state index contributed by atoms with van der Waals surface area (Å²) in [5.74, 6) is 1.82. The third-order valence-corrected chi connectivity index (χ3v) is 4.32. The number of aromatic nitrogens is 2. The van der Waals surface area contributed by atoms with Crippen molar-refractivity contribution in [2.24, 2.45) is 0 Å². The normalized spacial score (nSPS) is 14.1. The van der Waals surface area contributed by atoms with Crippen molar-refractivity contribution in [3.63, 3.8) is 0 Å². The number of hydrogen-bond donors (Lipinski definition) is 0. The number of rotatable bonds is 4. The van der Waals surface area contributed by atoms with Crippen molar-refractivity contribution in [2.45, 2.75) is 52.0 Å². The maximum atomic E-state index is 9.34. The van der Waals surface area contributed by atoms with Crippen LogP contribution in [0.5, 0.6) is 11.5 Å². The fourth-order valence-corrected chi connectivity index (χ4v) is 2.71. The molecule has 5 heteroatoms. The van der Waals surface area contributed by atoms with E-state index in [1.54, 1.807) is 4.68 Å². The zero-order chi connectivity index (χ0) is 17.5. The Morgan fingerprint density at radius 1 is 1.33 bits per heavy atom. The van der Waals surface area contributed by atoms with Gasteiger partial charge in [-0.1, -0.05) is 0 Å². The van der Waals surface area contributed by atoms with Crippen molar-refractivity contribution >= 4 is 5.69 Å². The molecule has 0 N–H and O–H groups in total. The largest absolute Gasteiger partial charge is 0.454 e. The van der Waals surface area contributed by atoms with Gasteiger partial charge >= 0.3 is 0 Å². The Balaban J connectivity index is 1.99. The Morgan fingerprint density at radius 2 is 1.96 bits per heavy atom. The summed E-state index contributed by atoms with van der Waals surface area (Å²) in [6.45, 7) is 14.7. The summed E-state index contributed by atoms with van der Waals surface area (Å²) < 4.78 is 7.78. The molecule has 5 nitrogen and oxygen atoms in total. The molecule has 1 aliphatic rings. The van der Waals surface area contributed by atoms with Gasteiger partial charge in [0.15, 0.2) is 11.4 Å². The first-order valence-corrected chi connectivity index (χ1v) is 8.03. The Morgan fingerprint density at radius 3 is 2.46 bits per heavy atom. The van der Waals surface area contributed by atoms with E-state index in [2.05, 4.69) is 16.0 Å². The molecule has 1 aliphatic carbocycles. The van der Waals surface area contributed by atoms with Crippen molar-refractivity contribution in [3.8, 4) is 17.6 Å². The van der Waals surface area contributed by atoms with E-state index in [9.17, 15) is 5.26 Å². The Labute approximate surface area is 142 Å². The molecular weight excluding hydrogens is 300 g/mol. The van der Waals surface area contributed by atoms with Gasteiger partial charge in [-0.15, -0.1) is 0 Å². The second kappa shape index (κ2) is 5.69. The number of ether oxygens (including phenoxy) is 1. The Bertz CT molecular complexity index is 853. The quantitative estimate of drug-likeness (QED) is 0.747. The summed E-state index contributed by atoms with van der Waals surface area (Å²) in [6.07, 6.45) is 4.02. The highest BCUT2D eigenvalue weighted by atomic mass is 16.5. The number of nitrogens with zero attached hydrogens (tertiary/aromatic N) is 4. The molecule has 1 fully saturated rings. The second-order valence-corrected chi connectivity index (χ2v) is 6.89. The van der Waals surface area contributed by atoms with Crippen molar-refractivity contribution in [2.75, 3.05) is 0 Å². The van der Waals surface area contributed by atoms with Crippen LogP contribution in [0.3, 0.4) is 0 Å². The monoisotopic (exact) mass is 320 g/mol. The van der Waals surface area contributed by atoms with E-state index in [1.165, 1.54) is 0 Å². The Kier molecular flexibility index (Phi) is 3.81. The predicted molar refractivity (Wildman–Crippen MR) is 91.4 cm³/mol. The van der Waals surface area contributed by atoms with Crippen LogP contribution in [0, 0.1) is 31.8 Å². The molecule has 0 bridgehead atoms. The standard InChI is InChI=1S/C19H20N4O/c1-12-8-15(9-13(2)17(12)21-5)24-16-10-23(19(3,4)11-20)22-18(16)14-6-7-14/h8-10,14H,6-7H2,1-4H3. The molecule has 0 aliphatic heterocycles. The molecule has 0 amide bonds. The van der Waals surface area contributed by atoms with Gasteiger partial charge in [-0.3, -0.25) is 0 Å². The summed E-state index contributed by atoms with van der Waals surface area (Å²) in [7, 11) is 0. The summed E-state index contributed by atoms with van der Waals surface area (Å²) in [5.41, 5.74) is 2.68. The number of hydrogen-bond acceptors (Lipinski definition) is 3. The van der Waals surface area contributed by atoms with Crippen molar-refractivity contribution < 1.29 is 4.74 Å². The van der Waals surface area contributed by atoms with Crippen LogP contribution in [0.2, 0.25) is 0 Å². The maximum Gasteiger partial charge on any atom is 0.193 e. The average Bonchev–Trinajstić information content (AvgIpc) is 3.28. The molecule has 0 unspecified atom stereocenters. The van der Waals surface area contributed by atoms with E-state index in [1.807, 2.05) is 46.0 Å². The molecule has 122 valence electrons. The second-order valence-electron chi connectivity index (χ2n) is 6.89. The summed E-state index contributed by atoms with van der Waals surface area (Å²) >= 11 is 0. The van der Waals surface area contributed by atoms with Crippen LogP contribution in [-0.4, -0.2) is 9.78 Å². The van der Waals surface area contributed by atoms with E-state index in [4.69, 9.17) is 11.3 Å². The lowest BCUT2D eigenvalue weighted by molar-refractivity contribution is 0.412. The van der Waals surface area contributed by atoms with Gasteiger partial charge in [-0.2, -0.15) is 10.4 Å². The molecule has 0 radical (unpaired) electrons. The van der Waals surface area contributed by atoms with E-state index in [0.29, 0.717) is 23.1 Å². The van der Waals surface area contributed by atoms with Crippen molar-refractivity contribution in [1.29, 1.82) is 5.26 Å². The van der Waals surface area contributed by atoms with Crippen molar-refractivity contribution in [1.82, 2.24) is 9.78 Å². The lowest BCUT2D eigenvalue weighted by Crippen LogP contribution is -2.24. The minimum atomic E-state index is -0.717. The minimum Gasteiger partial charge on any atom is -0.454 e. The lowest BCUT2D eigenvalue weighted by Gasteiger charge is -2.15. The van der Waals surface area contributed by atoms with E-state index in [0.717, 1.165) is 29.7 Å². The molecule has 1 aromatic carbocycles. The highest BCUT2D eigenvalue weighted by molar-refractivity contribution is 5.60. The van der Waals surface area contributed by atoms with Crippen LogP contribution in [-0.2, 0) is 5.54 Å². The first kappa shape index (κ1) is 16.1. The third-order valence-electron chi connectivity index (χ3n) is 4.32. The molecule has 0 spiro atoms. The van der Waals surface area contributed by atoms with E-state index < -0.39 is 5.54 Å². The summed E-state index contributed by atoms with van der Waals surface area (Å²) in [5, 5.41) is 14.0. The predicted octanol–water partition coefficient (Wildman–Crippen LogP) is 4.98. The fourth-order valence-electron chi connectivity index (χ4n) is 2.71. The van der Waals surface area contributed by atoms with Crippen LogP contribution in [0.4, 0.5) is 5.69 Å². The molecule has 1 saturated carbocycles. The van der Waals surface area contributed by atoms with Gasteiger partial charge < -0.3 is 4.74 Å². The van der Waals surface area contributed by atoms with Crippen molar-refractivity contribution in [3.05, 3.63) is 46.6 Å². The average molecular weight is 320 g/mol. The molecule has 1 aromatic heterocycles. The third kappa shape index (κ3) is 2.86. The Hall–Kier alpha value is -2.79. The van der Waals surface area contributed by atoms with Gasteiger partial charge in [0.2, 0.25) is 0 Å². The van der Waals surface area contributed by atoms with Gasteiger partial charge in [-0.05, 0) is 63.8 Å². The zero-order valence-electron chi connectivity index (χ0n) is 14.4. The highest BCUT2D eigenvalue weighted by Crippen LogP contribution is 2.45. The molecule has 3 rings (SSSR count). The zero-order valence-corrected chi connectivity index (χ0v) is 14.4. The van der Waals surface area contributed by atoms with E-state index >= 15 is 0 Å². The maximum absolute atomic E-state index is 9.34. The number of benzene rings is 1. The molecule has 0 saturated heterocycles. The molecule has 0 atom stereocenters. The lowest BCUT2D eigenvalue weighted by atomic mass is 10.1. The molecule has 24 heavy (non-hydrogen) atoms. The van der Waals surface area contributed by atoms with E-state index in [-0.39, 0.29) is 0 Å². The highest BCUT2D eigenvalue weighted by Gasteiger charge is 2.33. The van der Waals surface area contributed by atoms with Gasteiger partial charge in [-0.25, -0.2) is 9.53 Å². The summed E-state index contributed by atoms with van der Waals surface area (Å²) in [4.78, 5) is 3.56. The van der Waals surface area contributed by atoms with Crippen LogP contribution in [0.15, 0.2) is 18.3 Å². The van der Waals surface area contributed by atoms with Crippen LogP contribution in [0.1, 0.15) is 49.4 Å². The summed E-state index contributed by atoms with van der Waals surface area (Å²) in [6, 6.07) is 6.02. The smallest absolute Gasteiger partial charge is 0.193 e.